The molecule has 2 saturated heterocycles. The molecule has 3 rings (SSSR count). The van der Waals surface area contributed by atoms with Gasteiger partial charge in [0.2, 0.25) is 11.8 Å². The van der Waals surface area contributed by atoms with E-state index < -0.39 is 0 Å². The molecule has 0 aliphatic carbocycles. The maximum atomic E-state index is 12.6. The van der Waals surface area contributed by atoms with Crippen LogP contribution in [0.2, 0.25) is 0 Å². The Morgan fingerprint density at radius 1 is 1.19 bits per heavy atom. The van der Waals surface area contributed by atoms with E-state index in [9.17, 15) is 9.59 Å². The van der Waals surface area contributed by atoms with E-state index in [0.717, 1.165) is 57.6 Å². The molecule has 0 unspecified atom stereocenters. The van der Waals surface area contributed by atoms with Crippen molar-refractivity contribution in [2.75, 3.05) is 39.8 Å². The fraction of sp³-hybridized carbons (Fsp3) is 0.650. The maximum Gasteiger partial charge on any atom is 0.236 e. The van der Waals surface area contributed by atoms with E-state index in [1.807, 2.05) is 23.1 Å². The second kappa shape index (κ2) is 9.80. The Morgan fingerprint density at radius 3 is 2.70 bits per heavy atom. The van der Waals surface area contributed by atoms with E-state index in [1.54, 1.807) is 13.2 Å². The Morgan fingerprint density at radius 2 is 2.00 bits per heavy atom. The number of amides is 2. The number of aromatic nitrogens is 1. The summed E-state index contributed by atoms with van der Waals surface area (Å²) in [4.78, 5) is 33.3. The highest BCUT2D eigenvalue weighted by molar-refractivity contribution is 5.79. The molecule has 2 aliphatic heterocycles. The number of hydrogen-bond acceptors (Lipinski definition) is 5. The van der Waals surface area contributed by atoms with Gasteiger partial charge in [0.1, 0.15) is 0 Å². The molecule has 3 heterocycles. The van der Waals surface area contributed by atoms with E-state index in [1.165, 1.54) is 0 Å². The van der Waals surface area contributed by atoms with Gasteiger partial charge in [-0.05, 0) is 51.4 Å². The summed E-state index contributed by atoms with van der Waals surface area (Å²) in [7, 11) is 1.80. The van der Waals surface area contributed by atoms with Crippen LogP contribution in [-0.4, -0.2) is 72.4 Å². The number of carbonyl (C=O) groups is 2. The summed E-state index contributed by atoms with van der Waals surface area (Å²) in [6.45, 7) is 4.41. The largest absolute Gasteiger partial charge is 0.350 e. The summed E-state index contributed by atoms with van der Waals surface area (Å²) in [6.07, 6.45) is 5.75. The molecule has 0 saturated carbocycles. The molecule has 0 aromatic carbocycles. The van der Waals surface area contributed by atoms with Gasteiger partial charge in [-0.3, -0.25) is 19.5 Å². The number of likely N-dealkylation sites (tertiary alicyclic amines) is 2. The van der Waals surface area contributed by atoms with Crippen LogP contribution in [0.4, 0.5) is 0 Å². The van der Waals surface area contributed by atoms with Crippen molar-refractivity contribution in [2.45, 2.75) is 38.3 Å². The summed E-state index contributed by atoms with van der Waals surface area (Å²) < 4.78 is 0. The zero-order chi connectivity index (χ0) is 19.1. The fourth-order valence-electron chi connectivity index (χ4n) is 4.12. The van der Waals surface area contributed by atoms with Crippen molar-refractivity contribution in [3.05, 3.63) is 30.1 Å². The normalized spacial score (nSPS) is 21.8. The molecule has 7 nitrogen and oxygen atoms in total. The predicted molar refractivity (Wildman–Crippen MR) is 104 cm³/mol. The van der Waals surface area contributed by atoms with Gasteiger partial charge in [0.05, 0.1) is 24.7 Å². The Kier molecular flexibility index (Phi) is 7.18. The molecule has 2 fully saturated rings. The van der Waals surface area contributed by atoms with Crippen molar-refractivity contribution in [2.24, 2.45) is 5.92 Å². The monoisotopic (exact) mass is 373 g/mol. The Hall–Kier alpha value is -1.99. The summed E-state index contributed by atoms with van der Waals surface area (Å²) in [5, 5.41) is 5.97. The minimum Gasteiger partial charge on any atom is -0.350 e. The standard InChI is InChI=1S/C20H31N5O2/c1-21-14-19(26)24-11-7-18(8-12-24)25-10-4-5-16(15-25)20(27)23-13-17-6-2-3-9-22-17/h2-3,6,9,16,18,21H,4-5,7-8,10-15H2,1H3,(H,23,27)/t16-/m1/s1. The Balaban J connectivity index is 1.45. The van der Waals surface area contributed by atoms with Gasteiger partial charge in [0.25, 0.3) is 0 Å². The number of piperidine rings is 2. The molecular formula is C20H31N5O2. The van der Waals surface area contributed by atoms with Gasteiger partial charge in [0, 0.05) is 31.9 Å². The second-order valence-corrected chi connectivity index (χ2v) is 7.52. The van der Waals surface area contributed by atoms with Gasteiger partial charge in [-0.15, -0.1) is 0 Å². The van der Waals surface area contributed by atoms with Gasteiger partial charge < -0.3 is 15.5 Å². The molecule has 2 amide bonds. The van der Waals surface area contributed by atoms with E-state index in [4.69, 9.17) is 0 Å². The quantitative estimate of drug-likeness (QED) is 0.764. The fourth-order valence-corrected chi connectivity index (χ4v) is 4.12. The van der Waals surface area contributed by atoms with Crippen molar-refractivity contribution in [1.29, 1.82) is 0 Å². The Labute approximate surface area is 161 Å². The number of carbonyl (C=O) groups excluding carboxylic acids is 2. The van der Waals surface area contributed by atoms with Crippen molar-refractivity contribution in [1.82, 2.24) is 25.4 Å². The molecule has 0 spiro atoms. The lowest BCUT2D eigenvalue weighted by atomic mass is 9.93. The topological polar surface area (TPSA) is 77.6 Å². The van der Waals surface area contributed by atoms with Crippen molar-refractivity contribution in [3.63, 3.8) is 0 Å². The van der Waals surface area contributed by atoms with Crippen LogP contribution in [0.25, 0.3) is 0 Å². The number of nitrogens with one attached hydrogen (secondary N) is 2. The van der Waals surface area contributed by atoms with Crippen LogP contribution in [0, 0.1) is 5.92 Å². The predicted octanol–water partition coefficient (Wildman–Crippen LogP) is 0.620. The molecule has 0 radical (unpaired) electrons. The number of rotatable bonds is 6. The lowest BCUT2D eigenvalue weighted by molar-refractivity contribution is -0.131. The summed E-state index contributed by atoms with van der Waals surface area (Å²) in [5.41, 5.74) is 0.886. The number of nitrogens with zero attached hydrogens (tertiary/aromatic N) is 3. The minimum atomic E-state index is 0.0476. The van der Waals surface area contributed by atoms with Gasteiger partial charge in [-0.2, -0.15) is 0 Å². The second-order valence-electron chi connectivity index (χ2n) is 7.52. The highest BCUT2D eigenvalue weighted by atomic mass is 16.2. The molecular weight excluding hydrogens is 342 g/mol. The highest BCUT2D eigenvalue weighted by Crippen LogP contribution is 2.24. The van der Waals surface area contributed by atoms with E-state index in [0.29, 0.717) is 19.1 Å². The van der Waals surface area contributed by atoms with E-state index in [-0.39, 0.29) is 17.7 Å². The molecule has 1 aromatic heterocycles. The molecule has 2 N–H and O–H groups in total. The van der Waals surface area contributed by atoms with Crippen LogP contribution in [-0.2, 0) is 16.1 Å². The summed E-state index contributed by atoms with van der Waals surface area (Å²) in [6, 6.07) is 6.22. The molecule has 148 valence electrons. The number of likely N-dealkylation sites (N-methyl/N-ethyl adjacent to an activating group) is 1. The van der Waals surface area contributed by atoms with Gasteiger partial charge in [0.15, 0.2) is 0 Å². The number of hydrogen-bond donors (Lipinski definition) is 2. The SMILES string of the molecule is CNCC(=O)N1CCC(N2CCC[C@@H](C(=O)NCc3ccccn3)C2)CC1. The lowest BCUT2D eigenvalue weighted by Gasteiger charge is -2.42. The first kappa shape index (κ1) is 19.8. The molecule has 1 aromatic rings. The van der Waals surface area contributed by atoms with Crippen LogP contribution < -0.4 is 10.6 Å². The molecule has 1 atom stereocenters. The van der Waals surface area contributed by atoms with Gasteiger partial charge in [-0.25, -0.2) is 0 Å². The first-order valence-electron chi connectivity index (χ1n) is 10.0. The van der Waals surface area contributed by atoms with Crippen molar-refractivity contribution in [3.8, 4) is 0 Å². The maximum absolute atomic E-state index is 12.6. The summed E-state index contributed by atoms with van der Waals surface area (Å²) >= 11 is 0. The third kappa shape index (κ3) is 5.49. The van der Waals surface area contributed by atoms with E-state index >= 15 is 0 Å². The molecule has 2 aliphatic rings. The number of pyridine rings is 1. The first-order chi connectivity index (χ1) is 13.2. The van der Waals surface area contributed by atoms with Crippen LogP contribution in [0.3, 0.4) is 0 Å². The zero-order valence-electron chi connectivity index (χ0n) is 16.2. The molecule has 0 bridgehead atoms. The highest BCUT2D eigenvalue weighted by Gasteiger charge is 2.32. The van der Waals surface area contributed by atoms with Crippen molar-refractivity contribution < 1.29 is 9.59 Å². The third-order valence-corrected chi connectivity index (χ3v) is 5.66. The van der Waals surface area contributed by atoms with E-state index in [2.05, 4.69) is 20.5 Å². The van der Waals surface area contributed by atoms with Gasteiger partial charge in [-0.1, -0.05) is 6.07 Å². The smallest absolute Gasteiger partial charge is 0.236 e. The minimum absolute atomic E-state index is 0.0476. The van der Waals surface area contributed by atoms with Crippen LogP contribution in [0.15, 0.2) is 24.4 Å². The Bertz CT molecular complexity index is 616. The van der Waals surface area contributed by atoms with Crippen LogP contribution >= 0.6 is 0 Å². The van der Waals surface area contributed by atoms with Crippen molar-refractivity contribution >= 4 is 11.8 Å². The molecule has 7 heteroatoms. The zero-order valence-corrected chi connectivity index (χ0v) is 16.2. The average Bonchev–Trinajstić information content (AvgIpc) is 2.73. The third-order valence-electron chi connectivity index (χ3n) is 5.66. The average molecular weight is 374 g/mol. The molecule has 27 heavy (non-hydrogen) atoms. The van der Waals surface area contributed by atoms with Crippen LogP contribution in [0.5, 0.6) is 0 Å². The first-order valence-corrected chi connectivity index (χ1v) is 10.0. The summed E-state index contributed by atoms with van der Waals surface area (Å²) in [5.74, 6) is 0.361. The van der Waals surface area contributed by atoms with Gasteiger partial charge >= 0.3 is 0 Å². The van der Waals surface area contributed by atoms with Crippen LogP contribution in [0.1, 0.15) is 31.4 Å². The lowest BCUT2D eigenvalue weighted by Crippen LogP contribution is -2.52.